The lowest BCUT2D eigenvalue weighted by Crippen LogP contribution is -2.34. The van der Waals surface area contributed by atoms with Crippen LogP contribution in [0.25, 0.3) is 16.0 Å². The molecule has 2 fully saturated rings. The summed E-state index contributed by atoms with van der Waals surface area (Å²) in [7, 11) is -3.52. The number of hydrogen-bond donors (Lipinski definition) is 2. The number of ether oxygens (including phenoxy) is 1. The van der Waals surface area contributed by atoms with Gasteiger partial charge in [0.25, 0.3) is 5.91 Å². The molecule has 2 atom stereocenters. The predicted molar refractivity (Wildman–Crippen MR) is 138 cm³/mol. The second kappa shape index (κ2) is 9.63. The van der Waals surface area contributed by atoms with E-state index in [1.165, 1.54) is 17.5 Å². The summed E-state index contributed by atoms with van der Waals surface area (Å²) in [5.74, 6) is -0.403. The molecule has 4 aromatic rings. The Morgan fingerprint density at radius 2 is 2.08 bits per heavy atom. The molecule has 0 bridgehead atoms. The maximum atomic E-state index is 13.3. The Labute approximate surface area is 221 Å². The molecule has 4 aromatic heterocycles. The molecule has 0 spiro atoms. The van der Waals surface area contributed by atoms with E-state index in [0.717, 1.165) is 22.4 Å². The van der Waals surface area contributed by atoms with Crippen LogP contribution in [0.2, 0.25) is 5.02 Å². The summed E-state index contributed by atoms with van der Waals surface area (Å²) in [6, 6.07) is 4.72. The molecule has 0 aromatic carbocycles. The van der Waals surface area contributed by atoms with Crippen LogP contribution in [0.1, 0.15) is 40.8 Å². The predicted octanol–water partition coefficient (Wildman–Crippen LogP) is 3.31. The summed E-state index contributed by atoms with van der Waals surface area (Å²) in [5.41, 5.74) is 2.14. The number of nitrogens with one attached hydrogen (secondary N) is 2. The van der Waals surface area contributed by atoms with Crippen molar-refractivity contribution < 1.29 is 17.9 Å². The zero-order valence-corrected chi connectivity index (χ0v) is 21.8. The standard InChI is InChI=1S/C23H22ClN7O4S2/c24-14-4-7-31-18(9-14)16(10-27-31)19-11-26-22(36-19)21(32)29-20(13-5-8-35-12-13)17-3-6-25-23(28-17)30-37(33,34)15-1-2-15/h3-4,6-7,9-11,13,15,20H,1-2,5,8,12H2,(H,29,32)(H,25,28,30)/t13-,20-/m0/s1. The zero-order valence-electron chi connectivity index (χ0n) is 19.4. The number of amides is 1. The van der Waals surface area contributed by atoms with Crippen LogP contribution in [0.3, 0.4) is 0 Å². The van der Waals surface area contributed by atoms with E-state index in [-0.39, 0.29) is 22.8 Å². The number of rotatable bonds is 8. The highest BCUT2D eigenvalue weighted by Crippen LogP contribution is 2.33. The highest BCUT2D eigenvalue weighted by Gasteiger charge is 2.37. The van der Waals surface area contributed by atoms with Gasteiger partial charge in [-0.15, -0.1) is 11.3 Å². The summed E-state index contributed by atoms with van der Waals surface area (Å²) in [6.07, 6.45) is 8.59. The van der Waals surface area contributed by atoms with Gasteiger partial charge in [-0.05, 0) is 37.5 Å². The van der Waals surface area contributed by atoms with Crippen molar-refractivity contribution in [2.24, 2.45) is 5.92 Å². The Balaban J connectivity index is 1.25. The van der Waals surface area contributed by atoms with Gasteiger partial charge in [0.05, 0.1) is 40.2 Å². The first-order valence-electron chi connectivity index (χ1n) is 11.7. The smallest absolute Gasteiger partial charge is 0.280 e. The topological polar surface area (TPSA) is 140 Å². The van der Waals surface area contributed by atoms with Crippen molar-refractivity contribution in [3.63, 3.8) is 0 Å². The average molecular weight is 560 g/mol. The van der Waals surface area contributed by atoms with Crippen molar-refractivity contribution in [1.82, 2.24) is 29.9 Å². The fraction of sp³-hybridized carbons (Fsp3) is 0.348. The molecule has 2 N–H and O–H groups in total. The van der Waals surface area contributed by atoms with E-state index >= 15 is 0 Å². The Bertz CT molecular complexity index is 1580. The third-order valence-electron chi connectivity index (χ3n) is 6.36. The molecule has 0 radical (unpaired) electrons. The van der Waals surface area contributed by atoms with Gasteiger partial charge < -0.3 is 10.1 Å². The van der Waals surface area contributed by atoms with Crippen LogP contribution in [0, 0.1) is 5.92 Å². The number of nitrogens with zero attached hydrogens (tertiary/aromatic N) is 5. The number of carbonyl (C=O) groups excluding carboxylic acids is 1. The van der Waals surface area contributed by atoms with Gasteiger partial charge in [-0.2, -0.15) is 5.10 Å². The molecule has 1 saturated carbocycles. The SMILES string of the molecule is O=C(N[C@H](c1ccnc(NS(=O)(=O)C2CC2)n1)[C@H]1CCOC1)c1ncc(-c2cnn3ccc(Cl)cc23)s1. The lowest BCUT2D eigenvalue weighted by atomic mass is 9.96. The fourth-order valence-electron chi connectivity index (χ4n) is 4.28. The number of hydrogen-bond acceptors (Lipinski definition) is 9. The number of pyridine rings is 1. The van der Waals surface area contributed by atoms with Crippen molar-refractivity contribution in [2.45, 2.75) is 30.6 Å². The minimum atomic E-state index is -3.52. The second-order valence-electron chi connectivity index (χ2n) is 8.99. The zero-order chi connectivity index (χ0) is 25.6. The molecular formula is C23H22ClN7O4S2. The molecule has 1 aliphatic carbocycles. The van der Waals surface area contributed by atoms with Crippen molar-refractivity contribution >= 4 is 50.3 Å². The highest BCUT2D eigenvalue weighted by molar-refractivity contribution is 7.93. The van der Waals surface area contributed by atoms with Crippen molar-refractivity contribution in [3.8, 4) is 10.4 Å². The molecule has 37 heavy (non-hydrogen) atoms. The lowest BCUT2D eigenvalue weighted by molar-refractivity contribution is 0.0914. The van der Waals surface area contributed by atoms with Gasteiger partial charge in [0.2, 0.25) is 16.0 Å². The molecule has 6 rings (SSSR count). The molecule has 1 aliphatic heterocycles. The summed E-state index contributed by atoms with van der Waals surface area (Å²) in [6.45, 7) is 1.02. The molecule has 2 aliphatic rings. The van der Waals surface area contributed by atoms with Crippen molar-refractivity contribution in [3.05, 3.63) is 58.7 Å². The average Bonchev–Trinajstić information content (AvgIpc) is 3.25. The first-order valence-corrected chi connectivity index (χ1v) is 14.4. The third kappa shape index (κ3) is 5.04. The molecule has 5 heterocycles. The minimum Gasteiger partial charge on any atom is -0.381 e. The van der Waals surface area contributed by atoms with E-state index < -0.39 is 21.3 Å². The van der Waals surface area contributed by atoms with Gasteiger partial charge in [-0.25, -0.2) is 27.9 Å². The maximum Gasteiger partial charge on any atom is 0.280 e. The Kier molecular flexibility index (Phi) is 6.31. The van der Waals surface area contributed by atoms with Gasteiger partial charge in [0.15, 0.2) is 5.01 Å². The largest absolute Gasteiger partial charge is 0.381 e. The molecule has 1 saturated heterocycles. The molecule has 11 nitrogen and oxygen atoms in total. The lowest BCUT2D eigenvalue weighted by Gasteiger charge is -2.23. The molecular weight excluding hydrogens is 538 g/mol. The van der Waals surface area contributed by atoms with E-state index in [2.05, 4.69) is 30.1 Å². The number of aromatic nitrogens is 5. The number of halogens is 1. The summed E-state index contributed by atoms with van der Waals surface area (Å²) in [4.78, 5) is 26.9. The van der Waals surface area contributed by atoms with Gasteiger partial charge in [-0.1, -0.05) is 11.6 Å². The van der Waals surface area contributed by atoms with Gasteiger partial charge in [-0.3, -0.25) is 9.52 Å². The minimum absolute atomic E-state index is 0.00848. The monoisotopic (exact) mass is 559 g/mol. The molecule has 192 valence electrons. The van der Waals surface area contributed by atoms with Crippen LogP contribution in [-0.2, 0) is 14.8 Å². The van der Waals surface area contributed by atoms with Crippen LogP contribution in [0.15, 0.2) is 43.0 Å². The Hall–Kier alpha value is -3.13. The van der Waals surface area contributed by atoms with E-state index in [1.54, 1.807) is 35.2 Å². The normalized spacial score (nSPS) is 18.7. The first kappa shape index (κ1) is 24.2. The van der Waals surface area contributed by atoms with Gasteiger partial charge in [0, 0.05) is 41.7 Å². The van der Waals surface area contributed by atoms with Crippen LogP contribution in [-0.4, -0.2) is 57.4 Å². The maximum absolute atomic E-state index is 13.3. The number of sulfonamides is 1. The van der Waals surface area contributed by atoms with Crippen molar-refractivity contribution in [2.75, 3.05) is 17.9 Å². The second-order valence-corrected chi connectivity index (χ2v) is 12.4. The van der Waals surface area contributed by atoms with Crippen LogP contribution in [0.4, 0.5) is 5.95 Å². The Morgan fingerprint density at radius 1 is 1.22 bits per heavy atom. The van der Waals surface area contributed by atoms with Crippen molar-refractivity contribution in [1.29, 1.82) is 0 Å². The van der Waals surface area contributed by atoms with Crippen LogP contribution < -0.4 is 10.0 Å². The van der Waals surface area contributed by atoms with Crippen LogP contribution in [0.5, 0.6) is 0 Å². The Morgan fingerprint density at radius 3 is 2.86 bits per heavy atom. The summed E-state index contributed by atoms with van der Waals surface area (Å²) >= 11 is 7.40. The van der Waals surface area contributed by atoms with Gasteiger partial charge >= 0.3 is 0 Å². The van der Waals surface area contributed by atoms with E-state index in [4.69, 9.17) is 16.3 Å². The molecule has 1 amide bonds. The number of carbonyl (C=O) groups is 1. The third-order valence-corrected chi connectivity index (χ3v) is 9.45. The van der Waals surface area contributed by atoms with E-state index in [9.17, 15) is 13.2 Å². The quantitative estimate of drug-likeness (QED) is 0.335. The first-order chi connectivity index (χ1) is 17.9. The van der Waals surface area contributed by atoms with Gasteiger partial charge in [0.1, 0.15) is 0 Å². The summed E-state index contributed by atoms with van der Waals surface area (Å²) < 4.78 is 34.5. The molecule has 14 heteroatoms. The number of anilines is 1. The highest BCUT2D eigenvalue weighted by atomic mass is 35.5. The number of fused-ring (bicyclic) bond motifs is 1. The molecule has 0 unspecified atom stereocenters. The van der Waals surface area contributed by atoms with E-state index in [0.29, 0.717) is 36.8 Å². The fourth-order valence-corrected chi connectivity index (χ4v) is 6.56. The van der Waals surface area contributed by atoms with Crippen LogP contribution >= 0.6 is 22.9 Å². The number of thiazole rings is 1. The van der Waals surface area contributed by atoms with E-state index in [1.807, 2.05) is 6.07 Å². The summed E-state index contributed by atoms with van der Waals surface area (Å²) in [5, 5.41) is 7.85.